The second-order valence-electron chi connectivity index (χ2n) is 5.22. The van der Waals surface area contributed by atoms with Crippen LogP contribution in [0.3, 0.4) is 0 Å². The van der Waals surface area contributed by atoms with E-state index in [2.05, 4.69) is 23.2 Å². The van der Waals surface area contributed by atoms with E-state index in [-0.39, 0.29) is 12.3 Å². The van der Waals surface area contributed by atoms with E-state index in [0.717, 1.165) is 12.2 Å². The highest BCUT2D eigenvalue weighted by molar-refractivity contribution is 5.86. The normalized spacial score (nSPS) is 23.4. The fraction of sp³-hybridized carbons (Fsp3) is 0.467. The highest BCUT2D eigenvalue weighted by Crippen LogP contribution is 2.22. The molecule has 0 radical (unpaired) electrons. The smallest absolute Gasteiger partial charge is 0.243 e. The van der Waals surface area contributed by atoms with Gasteiger partial charge in [-0.3, -0.25) is 4.79 Å². The molecular weight excluding hydrogens is 238 g/mol. The summed E-state index contributed by atoms with van der Waals surface area (Å²) in [6.45, 7) is 5.60. The van der Waals surface area contributed by atoms with Gasteiger partial charge in [-0.05, 0) is 25.0 Å². The third kappa shape index (κ3) is 3.05. The van der Waals surface area contributed by atoms with Crippen molar-refractivity contribution in [1.29, 1.82) is 5.26 Å². The van der Waals surface area contributed by atoms with E-state index in [0.29, 0.717) is 12.5 Å². The molecule has 1 fully saturated rings. The van der Waals surface area contributed by atoms with E-state index in [1.165, 1.54) is 5.56 Å². The first kappa shape index (κ1) is 13.4. The van der Waals surface area contributed by atoms with Crippen LogP contribution in [0.5, 0.6) is 0 Å². The summed E-state index contributed by atoms with van der Waals surface area (Å²) in [5.74, 6) is 0.320. The van der Waals surface area contributed by atoms with Gasteiger partial charge in [0.2, 0.25) is 5.91 Å². The van der Waals surface area contributed by atoms with Gasteiger partial charge in [0, 0.05) is 18.8 Å². The Morgan fingerprint density at radius 1 is 1.42 bits per heavy atom. The number of nitrogens with zero attached hydrogens (tertiary/aromatic N) is 2. The quantitative estimate of drug-likeness (QED) is 0.879. The molecule has 2 atom stereocenters. The maximum absolute atomic E-state index is 12.1. The lowest BCUT2D eigenvalue weighted by Gasteiger charge is -2.30. The number of carbonyl (C=O) groups excluding carboxylic acids is 1. The Labute approximate surface area is 114 Å². The Hall–Kier alpha value is -2.02. The van der Waals surface area contributed by atoms with Crippen molar-refractivity contribution in [2.75, 3.05) is 18.0 Å². The largest absolute Gasteiger partial charge is 0.358 e. The predicted molar refractivity (Wildman–Crippen MR) is 74.7 cm³/mol. The summed E-state index contributed by atoms with van der Waals surface area (Å²) in [5, 5.41) is 11.9. The first-order chi connectivity index (χ1) is 9.11. The fourth-order valence-corrected chi connectivity index (χ4v) is 2.37. The first-order valence-corrected chi connectivity index (χ1v) is 6.60. The van der Waals surface area contributed by atoms with Crippen LogP contribution in [0.25, 0.3) is 0 Å². The van der Waals surface area contributed by atoms with Crippen LogP contribution in [-0.4, -0.2) is 25.0 Å². The van der Waals surface area contributed by atoms with Crippen molar-refractivity contribution in [3.05, 3.63) is 29.8 Å². The number of amides is 1. The van der Waals surface area contributed by atoms with E-state index >= 15 is 0 Å². The molecule has 1 aromatic rings. The summed E-state index contributed by atoms with van der Waals surface area (Å²) >= 11 is 0. The number of hydrogen-bond donors (Lipinski definition) is 1. The van der Waals surface area contributed by atoms with Gasteiger partial charge in [-0.25, -0.2) is 0 Å². The molecule has 19 heavy (non-hydrogen) atoms. The molecule has 4 nitrogen and oxygen atoms in total. The van der Waals surface area contributed by atoms with Crippen LogP contribution >= 0.6 is 0 Å². The van der Waals surface area contributed by atoms with Crippen molar-refractivity contribution in [1.82, 2.24) is 5.32 Å². The third-order valence-corrected chi connectivity index (χ3v) is 3.46. The minimum atomic E-state index is -0.391. The molecule has 0 bridgehead atoms. The summed E-state index contributed by atoms with van der Waals surface area (Å²) in [6, 6.07) is 9.83. The molecule has 4 heteroatoms. The summed E-state index contributed by atoms with van der Waals surface area (Å²) in [6.07, 6.45) is 0.215. The molecule has 0 saturated carbocycles. The van der Waals surface area contributed by atoms with Crippen molar-refractivity contribution >= 4 is 11.6 Å². The van der Waals surface area contributed by atoms with E-state index in [1.54, 1.807) is 0 Å². The molecular formula is C15H19N3O. The van der Waals surface area contributed by atoms with Gasteiger partial charge >= 0.3 is 0 Å². The first-order valence-electron chi connectivity index (χ1n) is 6.60. The second-order valence-corrected chi connectivity index (χ2v) is 5.22. The maximum Gasteiger partial charge on any atom is 0.243 e. The molecule has 2 unspecified atom stereocenters. The zero-order valence-electron chi connectivity index (χ0n) is 11.4. The molecule has 0 aliphatic carbocycles. The Bertz CT molecular complexity index is 489. The molecule has 1 aromatic carbocycles. The Morgan fingerprint density at radius 2 is 2.11 bits per heavy atom. The fourth-order valence-electron chi connectivity index (χ4n) is 2.37. The van der Waals surface area contributed by atoms with Crippen LogP contribution in [0, 0.1) is 24.2 Å². The lowest BCUT2D eigenvalue weighted by atomic mass is 10.1. The molecule has 1 aliphatic rings. The van der Waals surface area contributed by atoms with E-state index < -0.39 is 6.04 Å². The average molecular weight is 257 g/mol. The Kier molecular flexibility index (Phi) is 4.06. The average Bonchev–Trinajstić information content (AvgIpc) is 2.53. The highest BCUT2D eigenvalue weighted by Gasteiger charge is 2.30. The molecule has 100 valence electrons. The van der Waals surface area contributed by atoms with Crippen LogP contribution < -0.4 is 10.2 Å². The Balaban J connectivity index is 2.33. The third-order valence-electron chi connectivity index (χ3n) is 3.46. The summed E-state index contributed by atoms with van der Waals surface area (Å²) in [5.41, 5.74) is 2.20. The van der Waals surface area contributed by atoms with Crippen LogP contribution in [0.2, 0.25) is 0 Å². The molecule has 1 aliphatic heterocycles. The maximum atomic E-state index is 12.1. The summed E-state index contributed by atoms with van der Waals surface area (Å²) < 4.78 is 0. The molecule has 2 rings (SSSR count). The lowest BCUT2D eigenvalue weighted by molar-refractivity contribution is -0.122. The van der Waals surface area contributed by atoms with Crippen molar-refractivity contribution in [2.45, 2.75) is 26.3 Å². The van der Waals surface area contributed by atoms with Gasteiger partial charge in [-0.15, -0.1) is 0 Å². The van der Waals surface area contributed by atoms with Gasteiger partial charge in [0.15, 0.2) is 0 Å². The highest BCUT2D eigenvalue weighted by atomic mass is 16.2. The number of aryl methyl sites for hydroxylation is 1. The van der Waals surface area contributed by atoms with Crippen LogP contribution in [0.1, 0.15) is 18.9 Å². The van der Waals surface area contributed by atoms with Crippen molar-refractivity contribution < 1.29 is 4.79 Å². The van der Waals surface area contributed by atoms with E-state index in [4.69, 9.17) is 5.26 Å². The van der Waals surface area contributed by atoms with Crippen LogP contribution in [-0.2, 0) is 4.79 Å². The molecule has 1 saturated heterocycles. The number of anilines is 1. The van der Waals surface area contributed by atoms with Gasteiger partial charge in [-0.1, -0.05) is 24.6 Å². The van der Waals surface area contributed by atoms with Gasteiger partial charge in [0.25, 0.3) is 0 Å². The standard InChI is InChI=1S/C15H19N3O/c1-11-3-5-13(6-4-11)18-10-12(2)9-17-15(19)14(18)7-8-16/h3-6,12,14H,7,9-10H2,1-2H3,(H,17,19). The minimum absolute atomic E-state index is 0.0496. The number of carbonyl (C=O) groups is 1. The lowest BCUT2D eigenvalue weighted by Crippen LogP contribution is -2.44. The van der Waals surface area contributed by atoms with Crippen LogP contribution in [0.15, 0.2) is 24.3 Å². The van der Waals surface area contributed by atoms with Gasteiger partial charge in [-0.2, -0.15) is 5.26 Å². The zero-order valence-corrected chi connectivity index (χ0v) is 11.4. The summed E-state index contributed by atoms with van der Waals surface area (Å²) in [7, 11) is 0. The number of hydrogen-bond acceptors (Lipinski definition) is 3. The predicted octanol–water partition coefficient (Wildman–Crippen LogP) is 1.85. The summed E-state index contributed by atoms with van der Waals surface area (Å²) in [4.78, 5) is 14.1. The van der Waals surface area contributed by atoms with Crippen molar-refractivity contribution in [2.24, 2.45) is 5.92 Å². The van der Waals surface area contributed by atoms with E-state index in [1.807, 2.05) is 31.2 Å². The van der Waals surface area contributed by atoms with E-state index in [9.17, 15) is 4.79 Å². The number of rotatable bonds is 2. The zero-order chi connectivity index (χ0) is 13.8. The van der Waals surface area contributed by atoms with Gasteiger partial charge in [0.05, 0.1) is 12.5 Å². The molecule has 0 spiro atoms. The monoisotopic (exact) mass is 257 g/mol. The SMILES string of the molecule is Cc1ccc(N2CC(C)CNC(=O)C2CC#N)cc1. The molecule has 1 heterocycles. The number of benzene rings is 1. The van der Waals surface area contributed by atoms with Crippen molar-refractivity contribution in [3.63, 3.8) is 0 Å². The van der Waals surface area contributed by atoms with Crippen molar-refractivity contribution in [3.8, 4) is 6.07 Å². The van der Waals surface area contributed by atoms with Crippen LogP contribution in [0.4, 0.5) is 5.69 Å². The molecule has 1 N–H and O–H groups in total. The van der Waals surface area contributed by atoms with Gasteiger partial charge in [0.1, 0.15) is 6.04 Å². The molecule has 1 amide bonds. The second kappa shape index (κ2) is 5.75. The van der Waals surface area contributed by atoms with Gasteiger partial charge < -0.3 is 10.2 Å². The number of nitrogens with one attached hydrogen (secondary N) is 1. The Morgan fingerprint density at radius 3 is 2.74 bits per heavy atom. The molecule has 0 aromatic heterocycles. The number of nitriles is 1. The minimum Gasteiger partial charge on any atom is -0.358 e. The topological polar surface area (TPSA) is 56.1 Å².